The number of hydrogen-bond donors (Lipinski definition) is 2. The fraction of sp³-hybridized carbons (Fsp3) is 0.211. The number of aryl methyl sites for hydroxylation is 1. The van der Waals surface area contributed by atoms with Crippen molar-refractivity contribution in [1.82, 2.24) is 19.9 Å². The number of ether oxygens (including phenoxy) is 1. The van der Waals surface area contributed by atoms with Gasteiger partial charge < -0.3 is 15.2 Å². The second-order valence-corrected chi connectivity index (χ2v) is 6.82. The van der Waals surface area contributed by atoms with Gasteiger partial charge in [-0.25, -0.2) is 19.1 Å². The third-order valence-electron chi connectivity index (χ3n) is 5.05. The summed E-state index contributed by atoms with van der Waals surface area (Å²) in [5, 5.41) is 27.1. The van der Waals surface area contributed by atoms with Crippen LogP contribution in [0.4, 0.5) is 5.69 Å². The molecule has 2 heterocycles. The molecule has 0 saturated heterocycles. The number of esters is 1. The fourth-order valence-corrected chi connectivity index (χ4v) is 3.60. The van der Waals surface area contributed by atoms with E-state index in [9.17, 15) is 29.6 Å². The number of aromatic nitrogens is 3. The van der Waals surface area contributed by atoms with Crippen molar-refractivity contribution in [2.75, 3.05) is 7.11 Å². The van der Waals surface area contributed by atoms with E-state index in [-0.39, 0.29) is 11.3 Å². The first-order valence-corrected chi connectivity index (χ1v) is 9.08. The zero-order chi connectivity index (χ0) is 22.3. The number of amides is 1. The number of carboxylic acids is 1. The largest absolute Gasteiger partial charge is 0.477 e. The molecule has 3 aromatic rings. The van der Waals surface area contributed by atoms with E-state index >= 15 is 0 Å². The number of carbonyl (C=O) groups excluding carboxylic acids is 2. The van der Waals surface area contributed by atoms with Gasteiger partial charge in [-0.3, -0.25) is 14.9 Å². The molecule has 4 rings (SSSR count). The third-order valence-corrected chi connectivity index (χ3v) is 5.05. The normalized spacial score (nSPS) is 14.8. The van der Waals surface area contributed by atoms with Gasteiger partial charge in [0.25, 0.3) is 5.91 Å². The van der Waals surface area contributed by atoms with Gasteiger partial charge in [-0.2, -0.15) is 5.10 Å². The smallest absolute Gasteiger partial charge is 0.354 e. The van der Waals surface area contributed by atoms with Crippen molar-refractivity contribution < 1.29 is 29.2 Å². The molecule has 0 bridgehead atoms. The Morgan fingerprint density at radius 3 is 2.77 bits per heavy atom. The summed E-state index contributed by atoms with van der Waals surface area (Å²) in [5.41, 5.74) is 0.526. The number of hydrogen-bond acceptors (Lipinski definition) is 8. The van der Waals surface area contributed by atoms with Crippen LogP contribution in [0.25, 0.3) is 5.65 Å². The maximum Gasteiger partial charge on any atom is 0.354 e. The second-order valence-electron chi connectivity index (χ2n) is 6.82. The van der Waals surface area contributed by atoms with Crippen molar-refractivity contribution in [2.45, 2.75) is 18.9 Å². The average molecular weight is 425 g/mol. The van der Waals surface area contributed by atoms with Gasteiger partial charge in [-0.1, -0.05) is 6.07 Å². The van der Waals surface area contributed by atoms with Crippen LogP contribution in [0.3, 0.4) is 0 Å². The molecule has 2 N–H and O–H groups in total. The summed E-state index contributed by atoms with van der Waals surface area (Å²) < 4.78 is 5.66. The van der Waals surface area contributed by atoms with Crippen molar-refractivity contribution in [3.05, 3.63) is 68.7 Å². The number of nitro groups is 1. The van der Waals surface area contributed by atoms with Gasteiger partial charge >= 0.3 is 17.6 Å². The van der Waals surface area contributed by atoms with E-state index < -0.39 is 40.2 Å². The number of nitrogens with one attached hydrogen (secondary N) is 1. The Labute approximate surface area is 173 Å². The molecule has 2 aromatic heterocycles. The van der Waals surface area contributed by atoms with E-state index in [1.54, 1.807) is 18.2 Å². The summed E-state index contributed by atoms with van der Waals surface area (Å²) in [6, 6.07) is 5.65. The first-order valence-electron chi connectivity index (χ1n) is 9.08. The van der Waals surface area contributed by atoms with E-state index in [1.165, 1.54) is 7.11 Å². The molecule has 12 heteroatoms. The summed E-state index contributed by atoms with van der Waals surface area (Å²) in [6.45, 7) is 0. The van der Waals surface area contributed by atoms with Crippen LogP contribution in [-0.2, 0) is 11.2 Å². The highest BCUT2D eigenvalue weighted by Crippen LogP contribution is 2.32. The number of rotatable bonds is 5. The van der Waals surface area contributed by atoms with Crippen molar-refractivity contribution in [2.24, 2.45) is 0 Å². The lowest BCUT2D eigenvalue weighted by Crippen LogP contribution is -2.29. The lowest BCUT2D eigenvalue weighted by atomic mass is 10.0. The van der Waals surface area contributed by atoms with Crippen molar-refractivity contribution >= 4 is 29.2 Å². The van der Waals surface area contributed by atoms with Crippen LogP contribution in [0.5, 0.6) is 0 Å². The summed E-state index contributed by atoms with van der Waals surface area (Å²) in [5.74, 6) is -2.56. The molecule has 1 aromatic carbocycles. The monoisotopic (exact) mass is 425 g/mol. The standard InChI is InChI=1S/C19H15N5O7/c1-31-19(28)10-2-4-11-9(6-10)3-5-12(11)22-17(25)14-7-13(18(26)27)21-16-15(24(29)30)8-20-23(14)16/h2,4,6-8,12H,3,5H2,1H3,(H,22,25)(H,26,27)/t12-/m0/s1. The highest BCUT2D eigenvalue weighted by atomic mass is 16.6. The van der Waals surface area contributed by atoms with E-state index in [2.05, 4.69) is 15.4 Å². The molecule has 1 aliphatic carbocycles. The molecule has 31 heavy (non-hydrogen) atoms. The molecule has 1 atom stereocenters. The highest BCUT2D eigenvalue weighted by Gasteiger charge is 2.28. The number of methoxy groups -OCH3 is 1. The maximum absolute atomic E-state index is 13.0. The molecule has 0 radical (unpaired) electrons. The van der Waals surface area contributed by atoms with Crippen molar-refractivity contribution in [1.29, 1.82) is 0 Å². The van der Waals surface area contributed by atoms with Crippen LogP contribution in [0.2, 0.25) is 0 Å². The quantitative estimate of drug-likeness (QED) is 0.350. The average Bonchev–Trinajstić information content (AvgIpc) is 3.36. The van der Waals surface area contributed by atoms with Crippen molar-refractivity contribution in [3.63, 3.8) is 0 Å². The first-order chi connectivity index (χ1) is 14.8. The molecule has 0 aliphatic heterocycles. The number of aromatic carboxylic acids is 1. The SMILES string of the molecule is COC(=O)c1ccc2c(c1)CC[C@@H]2NC(=O)c1cc(C(=O)O)nc2c([N+](=O)[O-])cnn12. The summed E-state index contributed by atoms with van der Waals surface area (Å²) >= 11 is 0. The number of carbonyl (C=O) groups is 3. The minimum absolute atomic E-state index is 0.199. The second kappa shape index (κ2) is 7.48. The van der Waals surface area contributed by atoms with Crippen LogP contribution < -0.4 is 5.32 Å². The van der Waals surface area contributed by atoms with Crippen LogP contribution in [0.1, 0.15) is 54.9 Å². The molecule has 158 valence electrons. The zero-order valence-corrected chi connectivity index (χ0v) is 16.1. The Morgan fingerprint density at radius 1 is 1.32 bits per heavy atom. The molecule has 0 unspecified atom stereocenters. The molecule has 0 spiro atoms. The Balaban J connectivity index is 1.68. The molecule has 0 fully saturated rings. The lowest BCUT2D eigenvalue weighted by Gasteiger charge is -2.15. The van der Waals surface area contributed by atoms with Gasteiger partial charge in [0, 0.05) is 6.07 Å². The number of nitrogens with zero attached hydrogens (tertiary/aromatic N) is 4. The summed E-state index contributed by atoms with van der Waals surface area (Å²) in [4.78, 5) is 50.3. The minimum atomic E-state index is -1.44. The van der Waals surface area contributed by atoms with E-state index in [0.717, 1.165) is 27.9 Å². The van der Waals surface area contributed by atoms with Gasteiger partial charge in [0.1, 0.15) is 11.9 Å². The Kier molecular flexibility index (Phi) is 4.81. The minimum Gasteiger partial charge on any atom is -0.477 e. The van der Waals surface area contributed by atoms with Gasteiger partial charge in [0.15, 0.2) is 5.69 Å². The Bertz CT molecular complexity index is 1270. The summed E-state index contributed by atoms with van der Waals surface area (Å²) in [7, 11) is 1.29. The highest BCUT2D eigenvalue weighted by molar-refractivity contribution is 5.97. The number of carboxylic acid groups (broad SMARTS) is 1. The Morgan fingerprint density at radius 2 is 2.10 bits per heavy atom. The van der Waals surface area contributed by atoms with Crippen LogP contribution in [-0.4, -0.2) is 49.6 Å². The van der Waals surface area contributed by atoms with Gasteiger partial charge in [0.2, 0.25) is 5.65 Å². The van der Waals surface area contributed by atoms with Crippen molar-refractivity contribution in [3.8, 4) is 0 Å². The number of fused-ring (bicyclic) bond motifs is 2. The Hall–Kier alpha value is -4.35. The van der Waals surface area contributed by atoms with E-state index in [1.807, 2.05) is 0 Å². The van der Waals surface area contributed by atoms with Gasteiger partial charge in [0.05, 0.1) is 23.6 Å². The zero-order valence-electron chi connectivity index (χ0n) is 16.1. The lowest BCUT2D eigenvalue weighted by molar-refractivity contribution is -0.383. The van der Waals surface area contributed by atoms with Crippen LogP contribution in [0, 0.1) is 10.1 Å². The molecule has 0 saturated carbocycles. The van der Waals surface area contributed by atoms with Crippen LogP contribution in [0.15, 0.2) is 30.5 Å². The van der Waals surface area contributed by atoms with Gasteiger partial charge in [-0.15, -0.1) is 0 Å². The molecule has 12 nitrogen and oxygen atoms in total. The molecule has 1 amide bonds. The van der Waals surface area contributed by atoms with Crippen LogP contribution >= 0.6 is 0 Å². The third kappa shape index (κ3) is 3.43. The fourth-order valence-electron chi connectivity index (χ4n) is 3.60. The summed E-state index contributed by atoms with van der Waals surface area (Å²) in [6.07, 6.45) is 2.08. The predicted octanol–water partition coefficient (Wildman–Crippen LogP) is 1.54. The van der Waals surface area contributed by atoms with Gasteiger partial charge in [-0.05, 0) is 36.1 Å². The maximum atomic E-state index is 13.0. The first kappa shape index (κ1) is 19.9. The predicted molar refractivity (Wildman–Crippen MR) is 103 cm³/mol. The number of benzene rings is 1. The molecular formula is C19H15N5O7. The van der Waals surface area contributed by atoms with E-state index in [0.29, 0.717) is 18.4 Å². The molecule has 1 aliphatic rings. The molecular weight excluding hydrogens is 410 g/mol. The topological polar surface area (TPSA) is 166 Å². The van der Waals surface area contributed by atoms with E-state index in [4.69, 9.17) is 4.74 Å².